The number of rotatable bonds is 3. The Kier molecular flexibility index (Phi) is 4.08. The quantitative estimate of drug-likeness (QED) is 0.628. The van der Waals surface area contributed by atoms with Crippen LogP contribution in [0, 0.1) is 6.92 Å². The van der Waals surface area contributed by atoms with Crippen LogP contribution in [0.2, 0.25) is 0 Å². The maximum absolute atomic E-state index is 12.2. The van der Waals surface area contributed by atoms with Crippen molar-refractivity contribution in [2.45, 2.75) is 6.92 Å². The number of benzene rings is 2. The van der Waals surface area contributed by atoms with E-state index in [0.29, 0.717) is 41.9 Å². The average molecular weight is 351 g/mol. The highest BCUT2D eigenvalue weighted by molar-refractivity contribution is 6.12. The van der Waals surface area contributed by atoms with Gasteiger partial charge in [0.15, 0.2) is 17.2 Å². The highest BCUT2D eigenvalue weighted by Gasteiger charge is 2.25. The van der Waals surface area contributed by atoms with Gasteiger partial charge in [-0.15, -0.1) is 0 Å². The van der Waals surface area contributed by atoms with Crippen LogP contribution in [0.3, 0.4) is 0 Å². The largest absolute Gasteiger partial charge is 0.493 e. The topological polar surface area (TPSA) is 66.4 Å². The summed E-state index contributed by atoms with van der Waals surface area (Å²) in [5.41, 5.74) is 2.77. The summed E-state index contributed by atoms with van der Waals surface area (Å²) in [7, 11) is 1.56. The van der Waals surface area contributed by atoms with E-state index in [9.17, 15) is 4.79 Å². The first-order valence-corrected chi connectivity index (χ1v) is 8.21. The second-order valence-corrected chi connectivity index (χ2v) is 5.95. The van der Waals surface area contributed by atoms with Crippen molar-refractivity contribution in [2.75, 3.05) is 20.3 Å². The maximum atomic E-state index is 12.2. The highest BCUT2D eigenvalue weighted by Crippen LogP contribution is 2.41. The number of carbonyl (C=O) groups is 1. The van der Waals surface area contributed by atoms with Crippen LogP contribution in [-0.2, 0) is 9.53 Å². The second kappa shape index (κ2) is 6.55. The van der Waals surface area contributed by atoms with Crippen molar-refractivity contribution in [1.29, 1.82) is 0 Å². The van der Waals surface area contributed by atoms with Gasteiger partial charge in [-0.2, -0.15) is 0 Å². The minimum atomic E-state index is -0.490. The first-order chi connectivity index (χ1) is 12.6. The molecule has 0 spiro atoms. The lowest BCUT2D eigenvalue weighted by atomic mass is 10.1. The lowest BCUT2D eigenvalue weighted by molar-refractivity contribution is -0.129. The Morgan fingerprint density at radius 3 is 2.81 bits per heavy atom. The standard InChI is InChI=1S/C20H17NO5/c1-12-4-3-5-14(8-12)19-21-15(20(22)26-19)9-13-10-16(23-2)18-17(11-13)24-6-7-25-18/h3-5,8-11H,6-7H2,1-2H3. The van der Waals surface area contributed by atoms with Crippen molar-refractivity contribution >= 4 is 17.9 Å². The van der Waals surface area contributed by atoms with Gasteiger partial charge in [0, 0.05) is 5.56 Å². The van der Waals surface area contributed by atoms with E-state index in [0.717, 1.165) is 11.1 Å². The number of cyclic esters (lactones) is 1. The van der Waals surface area contributed by atoms with Gasteiger partial charge in [0.1, 0.15) is 13.2 Å². The molecule has 6 heteroatoms. The van der Waals surface area contributed by atoms with Crippen molar-refractivity contribution in [3.05, 3.63) is 58.8 Å². The smallest absolute Gasteiger partial charge is 0.363 e. The summed E-state index contributed by atoms with van der Waals surface area (Å²) in [6.07, 6.45) is 1.64. The minimum absolute atomic E-state index is 0.222. The predicted molar refractivity (Wildman–Crippen MR) is 95.8 cm³/mol. The van der Waals surface area contributed by atoms with Crippen molar-refractivity contribution < 1.29 is 23.7 Å². The van der Waals surface area contributed by atoms with Crippen molar-refractivity contribution in [2.24, 2.45) is 4.99 Å². The third kappa shape index (κ3) is 3.01. The molecule has 0 radical (unpaired) electrons. The van der Waals surface area contributed by atoms with E-state index < -0.39 is 5.97 Å². The number of fused-ring (bicyclic) bond motifs is 1. The van der Waals surface area contributed by atoms with Gasteiger partial charge in [-0.25, -0.2) is 9.79 Å². The molecule has 6 nitrogen and oxygen atoms in total. The summed E-state index contributed by atoms with van der Waals surface area (Å²) in [4.78, 5) is 16.5. The Morgan fingerprint density at radius 1 is 1.15 bits per heavy atom. The van der Waals surface area contributed by atoms with Crippen LogP contribution in [0.15, 0.2) is 47.1 Å². The normalized spacial score (nSPS) is 17.1. The van der Waals surface area contributed by atoms with Crippen LogP contribution in [0.25, 0.3) is 6.08 Å². The average Bonchev–Trinajstić information content (AvgIpc) is 3.01. The van der Waals surface area contributed by atoms with E-state index >= 15 is 0 Å². The zero-order valence-corrected chi connectivity index (χ0v) is 14.4. The highest BCUT2D eigenvalue weighted by atomic mass is 16.6. The summed E-state index contributed by atoms with van der Waals surface area (Å²) < 4.78 is 21.9. The molecule has 0 saturated heterocycles. The first-order valence-electron chi connectivity index (χ1n) is 8.21. The molecule has 2 heterocycles. The molecule has 132 valence electrons. The van der Waals surface area contributed by atoms with Gasteiger partial charge < -0.3 is 18.9 Å². The van der Waals surface area contributed by atoms with E-state index in [-0.39, 0.29) is 5.70 Å². The molecular weight excluding hydrogens is 334 g/mol. The zero-order valence-electron chi connectivity index (χ0n) is 14.4. The fourth-order valence-electron chi connectivity index (χ4n) is 2.85. The van der Waals surface area contributed by atoms with E-state index in [1.54, 1.807) is 25.3 Å². The number of aliphatic imine (C=N–C) groups is 1. The van der Waals surface area contributed by atoms with Gasteiger partial charge in [0.2, 0.25) is 11.6 Å². The summed E-state index contributed by atoms with van der Waals surface area (Å²) in [5.74, 6) is 1.50. The number of aryl methyl sites for hydroxylation is 1. The molecule has 0 aromatic heterocycles. The summed E-state index contributed by atoms with van der Waals surface area (Å²) in [6, 6.07) is 11.2. The number of esters is 1. The molecule has 0 bridgehead atoms. The lowest BCUT2D eigenvalue weighted by Gasteiger charge is -2.20. The zero-order chi connectivity index (χ0) is 18.1. The molecule has 0 fully saturated rings. The van der Waals surface area contributed by atoms with Crippen molar-refractivity contribution in [3.63, 3.8) is 0 Å². The minimum Gasteiger partial charge on any atom is -0.493 e. The molecule has 0 amide bonds. The monoisotopic (exact) mass is 351 g/mol. The van der Waals surface area contributed by atoms with E-state index in [4.69, 9.17) is 18.9 Å². The van der Waals surface area contributed by atoms with Crippen LogP contribution >= 0.6 is 0 Å². The van der Waals surface area contributed by atoms with Gasteiger partial charge in [-0.1, -0.05) is 17.7 Å². The molecule has 2 aliphatic rings. The molecule has 26 heavy (non-hydrogen) atoms. The van der Waals surface area contributed by atoms with Crippen molar-refractivity contribution in [1.82, 2.24) is 0 Å². The third-order valence-electron chi connectivity index (χ3n) is 4.04. The molecule has 0 unspecified atom stereocenters. The first kappa shape index (κ1) is 16.2. The Morgan fingerprint density at radius 2 is 2.00 bits per heavy atom. The predicted octanol–water partition coefficient (Wildman–Crippen LogP) is 3.12. The second-order valence-electron chi connectivity index (χ2n) is 5.95. The molecule has 0 saturated carbocycles. The molecule has 2 aromatic rings. The number of nitrogens with zero attached hydrogens (tertiary/aromatic N) is 1. The van der Waals surface area contributed by atoms with Crippen LogP contribution in [-0.4, -0.2) is 32.2 Å². The fourth-order valence-corrected chi connectivity index (χ4v) is 2.85. The Labute approximate surface area is 150 Å². The molecule has 2 aromatic carbocycles. The Balaban J connectivity index is 1.71. The van der Waals surface area contributed by atoms with Gasteiger partial charge in [-0.05, 0) is 42.8 Å². The summed E-state index contributed by atoms with van der Waals surface area (Å²) in [5, 5.41) is 0. The number of hydrogen-bond donors (Lipinski definition) is 0. The SMILES string of the molecule is COc1cc(C=C2N=C(c3cccc(C)c3)OC2=O)cc2c1OCCO2. The van der Waals surface area contributed by atoms with Crippen molar-refractivity contribution in [3.8, 4) is 17.2 Å². The maximum Gasteiger partial charge on any atom is 0.363 e. The Hall–Kier alpha value is -3.28. The molecule has 0 N–H and O–H groups in total. The van der Waals surface area contributed by atoms with Gasteiger partial charge in [0.25, 0.3) is 0 Å². The lowest BCUT2D eigenvalue weighted by Crippen LogP contribution is -2.16. The van der Waals surface area contributed by atoms with E-state index in [2.05, 4.69) is 4.99 Å². The number of methoxy groups -OCH3 is 1. The molecule has 2 aliphatic heterocycles. The van der Waals surface area contributed by atoms with E-state index in [1.807, 2.05) is 31.2 Å². The number of carbonyl (C=O) groups excluding carboxylic acids is 1. The summed E-state index contributed by atoms with van der Waals surface area (Å²) in [6.45, 7) is 2.91. The van der Waals surface area contributed by atoms with Gasteiger partial charge in [-0.3, -0.25) is 0 Å². The van der Waals surface area contributed by atoms with Crippen LogP contribution < -0.4 is 14.2 Å². The van der Waals surface area contributed by atoms with Crippen LogP contribution in [0.4, 0.5) is 0 Å². The van der Waals surface area contributed by atoms with Gasteiger partial charge in [0.05, 0.1) is 7.11 Å². The van der Waals surface area contributed by atoms with Crippen LogP contribution in [0.1, 0.15) is 16.7 Å². The molecule has 0 atom stereocenters. The third-order valence-corrected chi connectivity index (χ3v) is 4.04. The number of hydrogen-bond acceptors (Lipinski definition) is 6. The summed E-state index contributed by atoms with van der Waals surface area (Å²) >= 11 is 0. The Bertz CT molecular complexity index is 928. The number of ether oxygens (including phenoxy) is 4. The molecule has 4 rings (SSSR count). The van der Waals surface area contributed by atoms with Crippen LogP contribution in [0.5, 0.6) is 17.2 Å². The molecular formula is C20H17NO5. The fraction of sp³-hybridized carbons (Fsp3) is 0.200. The molecule has 0 aliphatic carbocycles. The van der Waals surface area contributed by atoms with E-state index in [1.165, 1.54) is 0 Å². The van der Waals surface area contributed by atoms with Gasteiger partial charge >= 0.3 is 5.97 Å².